The van der Waals surface area contributed by atoms with Crippen LogP contribution in [0.1, 0.15) is 26.7 Å². The normalized spacial score (nSPS) is 21.7. The van der Waals surface area contributed by atoms with Crippen LogP contribution in [0.4, 0.5) is 4.79 Å². The monoisotopic (exact) mass is 215 g/mol. The highest BCUT2D eigenvalue weighted by molar-refractivity contribution is 5.69. The molecule has 0 bridgehead atoms. The highest BCUT2D eigenvalue weighted by Crippen LogP contribution is 2.18. The summed E-state index contributed by atoms with van der Waals surface area (Å²) in [6, 6.07) is 0.102. The molecule has 1 amide bonds. The Hall–Kier alpha value is -1.26. The van der Waals surface area contributed by atoms with Crippen molar-refractivity contribution in [3.63, 3.8) is 0 Å². The van der Waals surface area contributed by atoms with Gasteiger partial charge in [0.2, 0.25) is 0 Å². The zero-order valence-corrected chi connectivity index (χ0v) is 9.10. The van der Waals surface area contributed by atoms with Crippen LogP contribution in [0.25, 0.3) is 0 Å². The van der Waals surface area contributed by atoms with Gasteiger partial charge in [-0.05, 0) is 20.3 Å². The number of carbonyl (C=O) groups excluding carboxylic acids is 1. The Morgan fingerprint density at radius 3 is 2.87 bits per heavy atom. The summed E-state index contributed by atoms with van der Waals surface area (Å²) in [6.07, 6.45) is 0.400. The lowest BCUT2D eigenvalue weighted by Crippen LogP contribution is -2.46. The lowest BCUT2D eigenvalue weighted by atomic mass is 10.0. The fourth-order valence-electron chi connectivity index (χ4n) is 1.60. The molecule has 5 heteroatoms. The van der Waals surface area contributed by atoms with Crippen LogP contribution in [0.15, 0.2) is 0 Å². The summed E-state index contributed by atoms with van der Waals surface area (Å²) >= 11 is 0. The van der Waals surface area contributed by atoms with E-state index in [-0.39, 0.29) is 24.5 Å². The Labute approximate surface area is 89.0 Å². The first kappa shape index (κ1) is 11.8. The van der Waals surface area contributed by atoms with E-state index in [4.69, 9.17) is 9.84 Å². The molecule has 0 saturated carbocycles. The van der Waals surface area contributed by atoms with Crippen LogP contribution in [0.5, 0.6) is 0 Å². The van der Waals surface area contributed by atoms with Crippen molar-refractivity contribution in [2.45, 2.75) is 32.7 Å². The molecule has 0 aromatic carbocycles. The van der Waals surface area contributed by atoms with Crippen LogP contribution in [0.2, 0.25) is 0 Å². The number of carboxylic acids is 1. The van der Waals surface area contributed by atoms with Gasteiger partial charge >= 0.3 is 12.1 Å². The quantitative estimate of drug-likeness (QED) is 0.768. The standard InChI is InChI=1S/C10H17NO4/c1-7(2)11-5-8(3-4-9(12)13)6-15-10(11)14/h7-8H,3-6H2,1-2H3,(H,12,13). The molecular formula is C10H17NO4. The second kappa shape index (κ2) is 5.00. The highest BCUT2D eigenvalue weighted by atomic mass is 16.6. The van der Waals surface area contributed by atoms with Gasteiger partial charge in [0.25, 0.3) is 0 Å². The number of cyclic esters (lactones) is 1. The molecule has 0 aromatic rings. The summed E-state index contributed by atoms with van der Waals surface area (Å²) in [5, 5.41) is 8.55. The lowest BCUT2D eigenvalue weighted by Gasteiger charge is -2.34. The number of hydrogen-bond acceptors (Lipinski definition) is 3. The molecule has 5 nitrogen and oxygen atoms in total. The molecule has 1 heterocycles. The predicted molar refractivity (Wildman–Crippen MR) is 53.5 cm³/mol. The average Bonchev–Trinajstić information content (AvgIpc) is 2.16. The minimum atomic E-state index is -0.803. The van der Waals surface area contributed by atoms with Gasteiger partial charge in [0, 0.05) is 24.9 Å². The Bertz CT molecular complexity index is 252. The Kier molecular flexibility index (Phi) is 3.94. The van der Waals surface area contributed by atoms with Crippen LogP contribution in [-0.2, 0) is 9.53 Å². The van der Waals surface area contributed by atoms with Crippen LogP contribution in [0.3, 0.4) is 0 Å². The first-order valence-electron chi connectivity index (χ1n) is 5.16. The van der Waals surface area contributed by atoms with E-state index in [1.54, 1.807) is 4.90 Å². The van der Waals surface area contributed by atoms with Gasteiger partial charge in [-0.25, -0.2) is 4.79 Å². The lowest BCUT2D eigenvalue weighted by molar-refractivity contribution is -0.137. The van der Waals surface area contributed by atoms with Gasteiger partial charge in [0.05, 0.1) is 6.61 Å². The molecule has 0 spiro atoms. The molecule has 1 aliphatic rings. The Morgan fingerprint density at radius 2 is 2.33 bits per heavy atom. The Balaban J connectivity index is 2.43. The number of rotatable bonds is 4. The first-order chi connectivity index (χ1) is 7.00. The minimum absolute atomic E-state index is 0.102. The summed E-state index contributed by atoms with van der Waals surface area (Å²) in [6.45, 7) is 4.78. The van der Waals surface area contributed by atoms with Crippen molar-refractivity contribution in [2.24, 2.45) is 5.92 Å². The third-order valence-electron chi connectivity index (χ3n) is 2.52. The van der Waals surface area contributed by atoms with Crippen molar-refractivity contribution < 1.29 is 19.4 Å². The smallest absolute Gasteiger partial charge is 0.410 e. The molecule has 1 unspecified atom stereocenters. The van der Waals surface area contributed by atoms with Crippen molar-refractivity contribution in [1.29, 1.82) is 0 Å². The summed E-state index contributed by atoms with van der Waals surface area (Å²) in [5.41, 5.74) is 0. The van der Waals surface area contributed by atoms with Crippen molar-refractivity contribution in [3.05, 3.63) is 0 Å². The van der Waals surface area contributed by atoms with E-state index in [0.29, 0.717) is 19.6 Å². The Morgan fingerprint density at radius 1 is 1.67 bits per heavy atom. The van der Waals surface area contributed by atoms with Gasteiger partial charge in [-0.3, -0.25) is 4.79 Å². The van der Waals surface area contributed by atoms with Crippen molar-refractivity contribution in [3.8, 4) is 0 Å². The number of aliphatic carboxylic acids is 1. The number of nitrogens with zero attached hydrogens (tertiary/aromatic N) is 1. The van der Waals surface area contributed by atoms with E-state index in [1.165, 1.54) is 0 Å². The maximum absolute atomic E-state index is 11.3. The molecule has 86 valence electrons. The van der Waals surface area contributed by atoms with Crippen LogP contribution in [-0.4, -0.2) is 41.3 Å². The topological polar surface area (TPSA) is 66.8 Å². The molecule has 0 aromatic heterocycles. The molecular weight excluding hydrogens is 198 g/mol. The maximum atomic E-state index is 11.3. The van der Waals surface area contributed by atoms with E-state index in [9.17, 15) is 9.59 Å². The molecule has 1 N–H and O–H groups in total. The first-order valence-corrected chi connectivity index (χ1v) is 5.16. The zero-order chi connectivity index (χ0) is 11.4. The summed E-state index contributed by atoms with van der Waals surface area (Å²) in [7, 11) is 0. The molecule has 1 atom stereocenters. The molecule has 0 radical (unpaired) electrons. The van der Waals surface area contributed by atoms with Gasteiger partial charge in [0.1, 0.15) is 0 Å². The predicted octanol–water partition coefficient (Wildman–Crippen LogP) is 1.33. The van der Waals surface area contributed by atoms with E-state index in [2.05, 4.69) is 0 Å². The summed E-state index contributed by atoms with van der Waals surface area (Å²) < 4.78 is 4.99. The SMILES string of the molecule is CC(C)N1CC(CCC(=O)O)COC1=O. The van der Waals surface area contributed by atoms with Gasteiger partial charge in [-0.2, -0.15) is 0 Å². The molecule has 0 aliphatic carbocycles. The number of carboxylic acid groups (broad SMARTS) is 1. The number of amides is 1. The largest absolute Gasteiger partial charge is 0.481 e. The van der Waals surface area contributed by atoms with Crippen molar-refractivity contribution in [2.75, 3.05) is 13.2 Å². The van der Waals surface area contributed by atoms with Crippen LogP contribution in [0, 0.1) is 5.92 Å². The van der Waals surface area contributed by atoms with Crippen LogP contribution >= 0.6 is 0 Å². The van der Waals surface area contributed by atoms with Gasteiger partial charge in [-0.1, -0.05) is 0 Å². The number of carbonyl (C=O) groups is 2. The van der Waals surface area contributed by atoms with Gasteiger partial charge in [0.15, 0.2) is 0 Å². The van der Waals surface area contributed by atoms with Gasteiger partial charge in [-0.15, -0.1) is 0 Å². The van der Waals surface area contributed by atoms with Crippen LogP contribution < -0.4 is 0 Å². The summed E-state index contributed by atoms with van der Waals surface area (Å²) in [4.78, 5) is 23.3. The number of ether oxygens (including phenoxy) is 1. The molecule has 1 saturated heterocycles. The van der Waals surface area contributed by atoms with Crippen molar-refractivity contribution >= 4 is 12.1 Å². The average molecular weight is 215 g/mol. The highest BCUT2D eigenvalue weighted by Gasteiger charge is 2.28. The fraction of sp³-hybridized carbons (Fsp3) is 0.800. The van der Waals surface area contributed by atoms with E-state index in [0.717, 1.165) is 0 Å². The fourth-order valence-corrected chi connectivity index (χ4v) is 1.60. The van der Waals surface area contributed by atoms with Gasteiger partial charge < -0.3 is 14.7 Å². The van der Waals surface area contributed by atoms with E-state index < -0.39 is 5.97 Å². The third kappa shape index (κ3) is 3.42. The van der Waals surface area contributed by atoms with E-state index >= 15 is 0 Å². The molecule has 1 rings (SSSR count). The molecule has 1 fully saturated rings. The zero-order valence-electron chi connectivity index (χ0n) is 9.10. The minimum Gasteiger partial charge on any atom is -0.481 e. The van der Waals surface area contributed by atoms with E-state index in [1.807, 2.05) is 13.8 Å². The number of hydrogen-bond donors (Lipinski definition) is 1. The van der Waals surface area contributed by atoms with Crippen molar-refractivity contribution in [1.82, 2.24) is 4.90 Å². The molecule has 1 aliphatic heterocycles. The third-order valence-corrected chi connectivity index (χ3v) is 2.52. The second-order valence-electron chi connectivity index (χ2n) is 4.12. The second-order valence-corrected chi connectivity index (χ2v) is 4.12. The molecule has 15 heavy (non-hydrogen) atoms. The maximum Gasteiger partial charge on any atom is 0.410 e. The summed E-state index contributed by atoms with van der Waals surface area (Å²) in [5.74, 6) is -0.663.